The van der Waals surface area contributed by atoms with Gasteiger partial charge in [-0.05, 0) is 38.5 Å². The van der Waals surface area contributed by atoms with Gasteiger partial charge in [-0.25, -0.2) is 0 Å². The first-order valence-corrected chi connectivity index (χ1v) is 7.99. The van der Waals surface area contributed by atoms with Gasteiger partial charge >= 0.3 is 0 Å². The van der Waals surface area contributed by atoms with Crippen molar-refractivity contribution in [2.75, 3.05) is 0 Å². The van der Waals surface area contributed by atoms with Crippen LogP contribution in [-0.4, -0.2) is 15.7 Å². The number of aromatic nitrogens is 2. The molecule has 1 N–H and O–H groups in total. The van der Waals surface area contributed by atoms with Crippen molar-refractivity contribution in [2.24, 2.45) is 0 Å². The minimum atomic E-state index is 0.104. The summed E-state index contributed by atoms with van der Waals surface area (Å²) in [6.45, 7) is 7.25. The molecule has 0 saturated carbocycles. The summed E-state index contributed by atoms with van der Waals surface area (Å²) in [6.07, 6.45) is 0. The number of benzene rings is 1. The maximum atomic E-state index is 6.30. The van der Waals surface area contributed by atoms with E-state index in [1.807, 2.05) is 12.1 Å². The molecule has 1 aromatic carbocycles. The molecule has 0 fully saturated rings. The van der Waals surface area contributed by atoms with Gasteiger partial charge in [0.15, 0.2) is 4.34 Å². The Hall–Kier alpha value is -0.620. The van der Waals surface area contributed by atoms with Crippen LogP contribution in [0.3, 0.4) is 0 Å². The monoisotopic (exact) mass is 313 g/mol. The van der Waals surface area contributed by atoms with E-state index >= 15 is 0 Å². The highest BCUT2D eigenvalue weighted by Crippen LogP contribution is 2.34. The van der Waals surface area contributed by atoms with Crippen LogP contribution in [0, 0.1) is 0 Å². The second kappa shape index (κ2) is 6.22. The van der Waals surface area contributed by atoms with Crippen LogP contribution >= 0.6 is 34.7 Å². The molecular weight excluding hydrogens is 298 g/mol. The highest BCUT2D eigenvalue weighted by molar-refractivity contribution is 8.01. The lowest BCUT2D eigenvalue weighted by Crippen LogP contribution is -2.35. The van der Waals surface area contributed by atoms with Crippen LogP contribution in [0.4, 0.5) is 0 Å². The van der Waals surface area contributed by atoms with Gasteiger partial charge in [0.1, 0.15) is 5.51 Å². The molecule has 0 atom stereocenters. The van der Waals surface area contributed by atoms with Crippen molar-refractivity contribution in [1.82, 2.24) is 15.5 Å². The summed E-state index contributed by atoms with van der Waals surface area (Å²) in [5.74, 6) is 0. The molecule has 0 unspecified atom stereocenters. The van der Waals surface area contributed by atoms with E-state index in [4.69, 9.17) is 11.6 Å². The number of nitrogens with one attached hydrogen (secondary N) is 1. The lowest BCUT2D eigenvalue weighted by molar-refractivity contribution is 0.424. The average Bonchev–Trinajstić information content (AvgIpc) is 2.81. The third-order valence-corrected chi connectivity index (χ3v) is 4.64. The van der Waals surface area contributed by atoms with Crippen LogP contribution < -0.4 is 5.32 Å². The number of nitrogens with zero attached hydrogens (tertiary/aromatic N) is 2. The standard InChI is InChI=1S/C13H16ClN3S2/c1-13(2,3)15-7-9-4-5-11(10(14)6-9)19-12-17-16-8-18-12/h4-6,8,15H,7H2,1-3H3. The lowest BCUT2D eigenvalue weighted by Gasteiger charge is -2.20. The Morgan fingerprint density at radius 3 is 2.74 bits per heavy atom. The summed E-state index contributed by atoms with van der Waals surface area (Å²) >= 11 is 9.36. The third kappa shape index (κ3) is 4.76. The first kappa shape index (κ1) is 14.8. The lowest BCUT2D eigenvalue weighted by atomic mass is 10.1. The maximum absolute atomic E-state index is 6.30. The van der Waals surface area contributed by atoms with E-state index in [0.29, 0.717) is 0 Å². The summed E-state index contributed by atoms with van der Waals surface area (Å²) in [5, 5.41) is 12.0. The van der Waals surface area contributed by atoms with Crippen molar-refractivity contribution in [1.29, 1.82) is 0 Å². The zero-order valence-corrected chi connectivity index (χ0v) is 13.5. The van der Waals surface area contributed by atoms with Crippen molar-refractivity contribution >= 4 is 34.7 Å². The molecule has 0 radical (unpaired) electrons. The van der Waals surface area contributed by atoms with Gasteiger partial charge < -0.3 is 5.32 Å². The molecule has 0 spiro atoms. The number of halogens is 1. The second-order valence-corrected chi connectivity index (χ2v) is 7.70. The van der Waals surface area contributed by atoms with Gasteiger partial charge in [-0.3, -0.25) is 0 Å². The van der Waals surface area contributed by atoms with Crippen LogP contribution in [-0.2, 0) is 6.54 Å². The normalized spacial score (nSPS) is 11.8. The van der Waals surface area contributed by atoms with Crippen LogP contribution in [0.15, 0.2) is 32.9 Å². The largest absolute Gasteiger partial charge is 0.308 e. The van der Waals surface area contributed by atoms with Gasteiger partial charge in [-0.15, -0.1) is 10.2 Å². The number of hydrogen-bond donors (Lipinski definition) is 1. The molecule has 19 heavy (non-hydrogen) atoms. The fraction of sp³-hybridized carbons (Fsp3) is 0.385. The van der Waals surface area contributed by atoms with Gasteiger partial charge in [0.25, 0.3) is 0 Å². The van der Waals surface area contributed by atoms with Crippen molar-refractivity contribution in [3.8, 4) is 0 Å². The van der Waals surface area contributed by atoms with E-state index < -0.39 is 0 Å². The topological polar surface area (TPSA) is 37.8 Å². The molecule has 0 amide bonds. The Morgan fingerprint density at radius 2 is 2.16 bits per heavy atom. The molecule has 1 heterocycles. The van der Waals surface area contributed by atoms with Crippen LogP contribution in [0.2, 0.25) is 5.02 Å². The number of hydrogen-bond acceptors (Lipinski definition) is 5. The van der Waals surface area contributed by atoms with E-state index in [2.05, 4.69) is 42.4 Å². The smallest absolute Gasteiger partial charge is 0.178 e. The van der Waals surface area contributed by atoms with Gasteiger partial charge in [-0.1, -0.05) is 40.8 Å². The van der Waals surface area contributed by atoms with E-state index in [9.17, 15) is 0 Å². The Balaban J connectivity index is 2.05. The predicted molar refractivity (Wildman–Crippen MR) is 82.1 cm³/mol. The zero-order chi connectivity index (χ0) is 13.9. The maximum Gasteiger partial charge on any atom is 0.178 e. The molecule has 102 valence electrons. The fourth-order valence-corrected chi connectivity index (χ4v) is 3.16. The summed E-state index contributed by atoms with van der Waals surface area (Å²) in [5.41, 5.74) is 3.01. The summed E-state index contributed by atoms with van der Waals surface area (Å²) in [6, 6.07) is 6.13. The quantitative estimate of drug-likeness (QED) is 0.916. The van der Waals surface area contributed by atoms with Gasteiger partial charge in [0.2, 0.25) is 0 Å². The highest BCUT2D eigenvalue weighted by Gasteiger charge is 2.10. The molecule has 0 aliphatic carbocycles. The van der Waals surface area contributed by atoms with E-state index in [-0.39, 0.29) is 5.54 Å². The van der Waals surface area contributed by atoms with Crippen molar-refractivity contribution in [3.63, 3.8) is 0 Å². The Bertz CT molecular complexity index is 535. The fourth-order valence-electron chi connectivity index (χ4n) is 1.41. The molecule has 2 rings (SSSR count). The molecular formula is C13H16ClN3S2. The third-order valence-electron chi connectivity index (χ3n) is 2.36. The molecule has 0 aliphatic heterocycles. The SMILES string of the molecule is CC(C)(C)NCc1ccc(Sc2nncs2)c(Cl)c1. The molecule has 2 aromatic rings. The zero-order valence-electron chi connectivity index (χ0n) is 11.1. The van der Waals surface area contributed by atoms with Gasteiger partial charge in [0.05, 0.1) is 5.02 Å². The first-order chi connectivity index (χ1) is 8.94. The predicted octanol–water partition coefficient (Wildman–Crippen LogP) is 4.23. The molecule has 0 saturated heterocycles. The van der Waals surface area contributed by atoms with Crippen LogP contribution in [0.25, 0.3) is 0 Å². The summed E-state index contributed by atoms with van der Waals surface area (Å²) < 4.78 is 0.905. The first-order valence-electron chi connectivity index (χ1n) is 5.91. The second-order valence-electron chi connectivity index (χ2n) is 5.18. The molecule has 1 aromatic heterocycles. The molecule has 0 bridgehead atoms. The summed E-state index contributed by atoms with van der Waals surface area (Å²) in [7, 11) is 0. The minimum Gasteiger partial charge on any atom is -0.308 e. The Morgan fingerprint density at radius 1 is 1.37 bits per heavy atom. The number of rotatable bonds is 4. The average molecular weight is 314 g/mol. The molecule has 3 nitrogen and oxygen atoms in total. The van der Waals surface area contributed by atoms with E-state index in [1.54, 1.807) is 17.3 Å². The van der Waals surface area contributed by atoms with Crippen LogP contribution in [0.5, 0.6) is 0 Å². The van der Waals surface area contributed by atoms with E-state index in [0.717, 1.165) is 20.8 Å². The van der Waals surface area contributed by atoms with Gasteiger partial charge in [0, 0.05) is 17.0 Å². The molecule has 0 aliphatic rings. The van der Waals surface area contributed by atoms with Gasteiger partial charge in [-0.2, -0.15) is 0 Å². The minimum absolute atomic E-state index is 0.104. The Labute approximate surface area is 126 Å². The van der Waals surface area contributed by atoms with Crippen molar-refractivity contribution < 1.29 is 0 Å². The summed E-state index contributed by atoms with van der Waals surface area (Å²) in [4.78, 5) is 1.01. The van der Waals surface area contributed by atoms with Crippen molar-refractivity contribution in [3.05, 3.63) is 34.3 Å². The highest BCUT2D eigenvalue weighted by atomic mass is 35.5. The van der Waals surface area contributed by atoms with E-state index in [1.165, 1.54) is 16.9 Å². The molecule has 6 heteroatoms. The van der Waals surface area contributed by atoms with Crippen LogP contribution in [0.1, 0.15) is 26.3 Å². The Kier molecular flexibility index (Phi) is 4.84. The van der Waals surface area contributed by atoms with Crippen molar-refractivity contribution in [2.45, 2.75) is 42.1 Å².